The highest BCUT2D eigenvalue weighted by atomic mass is 35.6. The molecule has 1 aromatic rings. The molecule has 2 saturated heterocycles. The summed E-state index contributed by atoms with van der Waals surface area (Å²) in [7, 11) is 0. The second kappa shape index (κ2) is 10.5. The van der Waals surface area contributed by atoms with Gasteiger partial charge < -0.3 is 20.3 Å². The summed E-state index contributed by atoms with van der Waals surface area (Å²) >= 11 is 17.9. The molecule has 13 heteroatoms. The quantitative estimate of drug-likeness (QED) is 0.438. The van der Waals surface area contributed by atoms with E-state index >= 15 is 4.39 Å². The van der Waals surface area contributed by atoms with Crippen molar-refractivity contribution in [2.75, 3.05) is 42.5 Å². The summed E-state index contributed by atoms with van der Waals surface area (Å²) in [5.41, 5.74) is 1.39. The number of benzene rings is 1. The molecule has 2 N–H and O–H groups in total. The first-order chi connectivity index (χ1) is 15.5. The van der Waals surface area contributed by atoms with E-state index < -0.39 is 34.4 Å². The Morgan fingerprint density at radius 2 is 1.76 bits per heavy atom. The fourth-order valence-corrected chi connectivity index (χ4v) is 4.30. The summed E-state index contributed by atoms with van der Waals surface area (Å²) in [6.45, 7) is 3.86. The van der Waals surface area contributed by atoms with Crippen molar-refractivity contribution < 1.29 is 23.5 Å². The molecule has 182 valence electrons. The Labute approximate surface area is 206 Å². The van der Waals surface area contributed by atoms with Crippen LogP contribution in [0.15, 0.2) is 24.3 Å². The number of hydrogen-bond donors (Lipinski definition) is 2. The lowest BCUT2D eigenvalue weighted by molar-refractivity contribution is -0.122. The van der Waals surface area contributed by atoms with Crippen LogP contribution in [0.1, 0.15) is 13.8 Å². The lowest BCUT2D eigenvalue weighted by atomic mass is 10.2. The number of rotatable bonds is 6. The zero-order valence-electron chi connectivity index (χ0n) is 18.1. The second-order valence-electron chi connectivity index (χ2n) is 7.83. The summed E-state index contributed by atoms with van der Waals surface area (Å²) in [6, 6.07) is 7.07. The predicted octanol–water partition coefficient (Wildman–Crippen LogP) is 2.40. The van der Waals surface area contributed by atoms with Crippen LogP contribution in [-0.2, 0) is 14.3 Å². The molecular formula is C20H25Cl3FN5O4. The maximum Gasteiger partial charge on any atom is 0.414 e. The molecule has 0 radical (unpaired) electrons. The van der Waals surface area contributed by atoms with E-state index in [1.165, 1.54) is 23.6 Å². The molecule has 3 amide bonds. The maximum atomic E-state index is 15.0. The van der Waals surface area contributed by atoms with E-state index in [2.05, 4.69) is 10.6 Å². The summed E-state index contributed by atoms with van der Waals surface area (Å²) in [4.78, 5) is 39.3. The molecule has 2 aliphatic heterocycles. The zero-order valence-corrected chi connectivity index (χ0v) is 20.3. The summed E-state index contributed by atoms with van der Waals surface area (Å²) in [6.07, 6.45) is -3.53. The minimum atomic E-state index is -1.90. The number of ether oxygens (including phenoxy) is 1. The van der Waals surface area contributed by atoms with Gasteiger partial charge in [0.2, 0.25) is 15.6 Å². The summed E-state index contributed by atoms with van der Waals surface area (Å²) in [5.74, 6) is -0.631. The molecule has 3 unspecified atom stereocenters. The molecule has 0 saturated carbocycles. The van der Waals surface area contributed by atoms with E-state index in [4.69, 9.17) is 39.5 Å². The Bertz CT molecular complexity index is 885. The molecule has 2 fully saturated rings. The number of hydrogen-bond acceptors (Lipinski definition) is 6. The average molecular weight is 525 g/mol. The smallest absolute Gasteiger partial charge is 0.414 e. The monoisotopic (exact) mass is 523 g/mol. The van der Waals surface area contributed by atoms with Crippen molar-refractivity contribution in [2.45, 2.75) is 36.2 Å². The Morgan fingerprint density at radius 3 is 2.30 bits per heavy atom. The van der Waals surface area contributed by atoms with Crippen LogP contribution in [0.25, 0.3) is 0 Å². The highest BCUT2D eigenvalue weighted by molar-refractivity contribution is 6.68. The van der Waals surface area contributed by atoms with Crippen molar-refractivity contribution >= 4 is 64.1 Å². The van der Waals surface area contributed by atoms with Gasteiger partial charge in [-0.05, 0) is 24.3 Å². The highest BCUT2D eigenvalue weighted by Gasteiger charge is 2.43. The number of nitrogens with one attached hydrogen (secondary N) is 2. The average Bonchev–Trinajstić information content (AvgIpc) is 3.10. The van der Waals surface area contributed by atoms with E-state index in [9.17, 15) is 14.4 Å². The van der Waals surface area contributed by atoms with Gasteiger partial charge in [-0.1, -0.05) is 34.8 Å². The fourth-order valence-electron chi connectivity index (χ4n) is 3.76. The van der Waals surface area contributed by atoms with Gasteiger partial charge in [-0.25, -0.2) is 14.1 Å². The van der Waals surface area contributed by atoms with Gasteiger partial charge in [-0.15, -0.1) is 0 Å². The molecule has 1 aromatic carbocycles. The van der Waals surface area contributed by atoms with Gasteiger partial charge in [0.25, 0.3) is 0 Å². The number of anilines is 2. The number of alkyl halides is 4. The van der Waals surface area contributed by atoms with Crippen molar-refractivity contribution in [3.63, 3.8) is 0 Å². The molecule has 3 atom stereocenters. The van der Waals surface area contributed by atoms with Gasteiger partial charge in [0.05, 0.1) is 19.6 Å². The van der Waals surface area contributed by atoms with Crippen LogP contribution < -0.4 is 20.4 Å². The number of nitrogens with zero attached hydrogens (tertiary/aromatic N) is 3. The Hall–Kier alpha value is -2.01. The fraction of sp³-hybridized carbons (Fsp3) is 0.550. The largest absolute Gasteiger partial charge is 0.442 e. The SMILES string of the molecule is CC(=O)NCC1CN(c2ccc(N3CCN(C(NC(C)=O)C(Cl)(Cl)Cl)C(F)C3)cc2)C(=O)O1. The molecule has 0 aliphatic carbocycles. The van der Waals surface area contributed by atoms with Crippen molar-refractivity contribution in [3.05, 3.63) is 24.3 Å². The van der Waals surface area contributed by atoms with Crippen LogP contribution in [0.4, 0.5) is 20.6 Å². The van der Waals surface area contributed by atoms with Gasteiger partial charge in [0.1, 0.15) is 12.3 Å². The number of carbonyl (C=O) groups excluding carboxylic acids is 3. The molecule has 0 spiro atoms. The van der Waals surface area contributed by atoms with Gasteiger partial charge >= 0.3 is 6.09 Å². The van der Waals surface area contributed by atoms with E-state index in [0.717, 1.165) is 5.69 Å². The summed E-state index contributed by atoms with van der Waals surface area (Å²) in [5, 5.41) is 5.13. The first kappa shape index (κ1) is 25.6. The zero-order chi connectivity index (χ0) is 24.3. The van der Waals surface area contributed by atoms with Crippen molar-refractivity contribution in [1.82, 2.24) is 15.5 Å². The number of piperazine rings is 1. The van der Waals surface area contributed by atoms with E-state index in [1.54, 1.807) is 24.3 Å². The lowest BCUT2D eigenvalue weighted by Gasteiger charge is -2.44. The van der Waals surface area contributed by atoms with Crippen molar-refractivity contribution in [2.24, 2.45) is 0 Å². The third kappa shape index (κ3) is 6.53. The highest BCUT2D eigenvalue weighted by Crippen LogP contribution is 2.35. The van der Waals surface area contributed by atoms with Crippen LogP contribution in [0.3, 0.4) is 0 Å². The first-order valence-electron chi connectivity index (χ1n) is 10.3. The number of amides is 3. The number of halogens is 4. The van der Waals surface area contributed by atoms with Crippen molar-refractivity contribution in [1.29, 1.82) is 0 Å². The predicted molar refractivity (Wildman–Crippen MR) is 124 cm³/mol. The molecule has 9 nitrogen and oxygen atoms in total. The van der Waals surface area contributed by atoms with E-state index in [-0.39, 0.29) is 25.5 Å². The first-order valence-corrected chi connectivity index (χ1v) is 11.4. The van der Waals surface area contributed by atoms with Gasteiger partial charge in [-0.3, -0.25) is 14.5 Å². The number of carbonyl (C=O) groups is 3. The second-order valence-corrected chi connectivity index (χ2v) is 10.2. The normalized spacial score (nSPS) is 22.7. The molecule has 3 rings (SSSR count). The lowest BCUT2D eigenvalue weighted by Crippen LogP contribution is -2.63. The third-order valence-electron chi connectivity index (χ3n) is 5.32. The summed E-state index contributed by atoms with van der Waals surface area (Å²) < 4.78 is 18.4. The van der Waals surface area contributed by atoms with Crippen LogP contribution in [0.5, 0.6) is 0 Å². The molecule has 33 heavy (non-hydrogen) atoms. The molecule has 2 heterocycles. The Morgan fingerprint density at radius 1 is 1.12 bits per heavy atom. The number of cyclic esters (lactones) is 1. The van der Waals surface area contributed by atoms with Crippen molar-refractivity contribution in [3.8, 4) is 0 Å². The third-order valence-corrected chi connectivity index (χ3v) is 5.94. The minimum Gasteiger partial charge on any atom is -0.442 e. The van der Waals surface area contributed by atoms with Gasteiger partial charge in [0, 0.05) is 38.3 Å². The molecular weight excluding hydrogens is 500 g/mol. The Balaban J connectivity index is 1.62. The van der Waals surface area contributed by atoms with E-state index in [0.29, 0.717) is 18.8 Å². The Kier molecular flexibility index (Phi) is 8.15. The van der Waals surface area contributed by atoms with Crippen LogP contribution in [-0.4, -0.2) is 77.9 Å². The van der Waals surface area contributed by atoms with Crippen LogP contribution in [0, 0.1) is 0 Å². The minimum absolute atomic E-state index is 0.000718. The topological polar surface area (TPSA) is 94.2 Å². The molecule has 2 aliphatic rings. The van der Waals surface area contributed by atoms with Gasteiger partial charge in [-0.2, -0.15) is 0 Å². The standard InChI is InChI=1S/C20H25Cl3FN5O4/c1-12(30)25-9-16-10-29(19(32)33-16)15-5-3-14(4-6-15)27-7-8-28(17(24)11-27)18(20(21,22)23)26-13(2)31/h3-6,16-18H,7-11H2,1-2H3,(H,25,30)(H,26,31). The van der Waals surface area contributed by atoms with Crippen LogP contribution >= 0.6 is 34.8 Å². The van der Waals surface area contributed by atoms with Crippen LogP contribution in [0.2, 0.25) is 0 Å². The molecule has 0 aromatic heterocycles. The molecule has 0 bridgehead atoms. The van der Waals surface area contributed by atoms with Gasteiger partial charge in [0.15, 0.2) is 6.30 Å². The van der Waals surface area contributed by atoms with E-state index in [1.807, 2.05) is 4.90 Å². The maximum absolute atomic E-state index is 15.0.